The van der Waals surface area contributed by atoms with Gasteiger partial charge in [0.05, 0.1) is 12.7 Å². The Morgan fingerprint density at radius 1 is 1.67 bits per heavy atom. The number of nitrogens with zero attached hydrogens (tertiary/aromatic N) is 1. The Balaban J connectivity index is 2.23. The van der Waals surface area contributed by atoms with Crippen LogP contribution >= 0.6 is 0 Å². The summed E-state index contributed by atoms with van der Waals surface area (Å²) in [5.41, 5.74) is 0.106. The minimum Gasteiger partial charge on any atom is -0.380 e. The molecule has 0 aromatic carbocycles. The first-order valence-electron chi connectivity index (χ1n) is 4.47. The molecular formula is C9H16N2O. The van der Waals surface area contributed by atoms with Crippen molar-refractivity contribution in [1.82, 2.24) is 5.32 Å². The number of rotatable bonds is 3. The zero-order valence-corrected chi connectivity index (χ0v) is 7.60. The quantitative estimate of drug-likeness (QED) is 0.641. The normalized spacial score (nSPS) is 29.7. The third kappa shape index (κ3) is 2.80. The third-order valence-electron chi connectivity index (χ3n) is 2.23. The van der Waals surface area contributed by atoms with Gasteiger partial charge in [0.15, 0.2) is 0 Å². The van der Waals surface area contributed by atoms with Gasteiger partial charge in [0.25, 0.3) is 0 Å². The molecule has 0 radical (unpaired) electrons. The number of nitriles is 1. The first kappa shape index (κ1) is 9.50. The van der Waals surface area contributed by atoms with Crippen molar-refractivity contribution in [2.75, 3.05) is 19.8 Å². The van der Waals surface area contributed by atoms with Crippen LogP contribution in [0.2, 0.25) is 0 Å². The Morgan fingerprint density at radius 2 is 2.50 bits per heavy atom. The Morgan fingerprint density at radius 3 is 3.08 bits per heavy atom. The molecule has 0 spiro atoms. The van der Waals surface area contributed by atoms with E-state index in [0.29, 0.717) is 6.42 Å². The van der Waals surface area contributed by atoms with E-state index in [1.807, 2.05) is 0 Å². The van der Waals surface area contributed by atoms with Crippen LogP contribution in [0.1, 0.15) is 26.2 Å². The van der Waals surface area contributed by atoms with Gasteiger partial charge in [0.1, 0.15) is 0 Å². The van der Waals surface area contributed by atoms with Gasteiger partial charge < -0.3 is 10.1 Å². The Hall–Kier alpha value is -0.590. The highest BCUT2D eigenvalue weighted by atomic mass is 16.5. The van der Waals surface area contributed by atoms with Crippen LogP contribution in [-0.2, 0) is 4.74 Å². The van der Waals surface area contributed by atoms with Gasteiger partial charge in [-0.1, -0.05) is 0 Å². The van der Waals surface area contributed by atoms with Crippen LogP contribution in [0.4, 0.5) is 0 Å². The number of nitrogens with one attached hydrogen (secondary N) is 1. The summed E-state index contributed by atoms with van der Waals surface area (Å²) in [6.07, 6.45) is 2.85. The molecule has 1 saturated heterocycles. The summed E-state index contributed by atoms with van der Waals surface area (Å²) in [6.45, 7) is 4.59. The minimum atomic E-state index is 0.106. The van der Waals surface area contributed by atoms with E-state index in [-0.39, 0.29) is 5.54 Å². The summed E-state index contributed by atoms with van der Waals surface area (Å²) < 4.78 is 5.37. The molecule has 1 heterocycles. The standard InChI is InChI=1S/C9H16N2O/c1-9(11-6-3-5-10)4-2-7-12-8-9/h11H,2-4,6-8H2,1H3. The third-order valence-corrected chi connectivity index (χ3v) is 2.23. The fourth-order valence-corrected chi connectivity index (χ4v) is 1.49. The fraction of sp³-hybridized carbons (Fsp3) is 0.889. The van der Waals surface area contributed by atoms with Gasteiger partial charge in [-0.15, -0.1) is 0 Å². The molecule has 3 nitrogen and oxygen atoms in total. The molecule has 1 fully saturated rings. The van der Waals surface area contributed by atoms with E-state index in [1.165, 1.54) is 0 Å². The van der Waals surface area contributed by atoms with Gasteiger partial charge in [0, 0.05) is 25.1 Å². The number of ether oxygens (including phenoxy) is 1. The largest absolute Gasteiger partial charge is 0.380 e. The summed E-state index contributed by atoms with van der Waals surface area (Å²) in [5.74, 6) is 0. The maximum atomic E-state index is 8.36. The minimum absolute atomic E-state index is 0.106. The molecule has 0 saturated carbocycles. The zero-order valence-electron chi connectivity index (χ0n) is 7.60. The Kier molecular flexibility index (Phi) is 3.51. The lowest BCUT2D eigenvalue weighted by atomic mass is 9.95. The Bertz CT molecular complexity index is 168. The monoisotopic (exact) mass is 168 g/mol. The van der Waals surface area contributed by atoms with Crippen molar-refractivity contribution in [3.05, 3.63) is 0 Å². The van der Waals surface area contributed by atoms with Crippen molar-refractivity contribution in [3.63, 3.8) is 0 Å². The topological polar surface area (TPSA) is 45.0 Å². The second-order valence-corrected chi connectivity index (χ2v) is 3.55. The van der Waals surface area contributed by atoms with Gasteiger partial charge in [-0.2, -0.15) is 5.26 Å². The van der Waals surface area contributed by atoms with Gasteiger partial charge in [-0.05, 0) is 19.8 Å². The molecular weight excluding hydrogens is 152 g/mol. The van der Waals surface area contributed by atoms with Crippen LogP contribution in [0.15, 0.2) is 0 Å². The molecule has 68 valence electrons. The molecule has 1 unspecified atom stereocenters. The fourth-order valence-electron chi connectivity index (χ4n) is 1.49. The maximum absolute atomic E-state index is 8.36. The predicted molar refractivity (Wildman–Crippen MR) is 46.7 cm³/mol. The van der Waals surface area contributed by atoms with Crippen LogP contribution in [-0.4, -0.2) is 25.3 Å². The maximum Gasteiger partial charge on any atom is 0.0645 e. The Labute approximate surface area is 73.7 Å². The van der Waals surface area contributed by atoms with Crippen molar-refractivity contribution in [1.29, 1.82) is 5.26 Å². The van der Waals surface area contributed by atoms with E-state index in [4.69, 9.17) is 10.00 Å². The highest BCUT2D eigenvalue weighted by Gasteiger charge is 2.26. The molecule has 1 aliphatic heterocycles. The van der Waals surface area contributed by atoms with Crippen LogP contribution in [0.3, 0.4) is 0 Å². The second-order valence-electron chi connectivity index (χ2n) is 3.55. The van der Waals surface area contributed by atoms with Crippen LogP contribution in [0.5, 0.6) is 0 Å². The van der Waals surface area contributed by atoms with Crippen LogP contribution in [0, 0.1) is 11.3 Å². The molecule has 1 N–H and O–H groups in total. The summed E-state index contributed by atoms with van der Waals surface area (Å²) in [5, 5.41) is 11.7. The molecule has 1 rings (SSSR count). The molecule has 0 amide bonds. The van der Waals surface area contributed by atoms with Crippen molar-refractivity contribution < 1.29 is 4.74 Å². The smallest absolute Gasteiger partial charge is 0.0645 e. The molecule has 3 heteroatoms. The highest BCUT2D eigenvalue weighted by molar-refractivity contribution is 4.86. The first-order chi connectivity index (χ1) is 5.77. The highest BCUT2D eigenvalue weighted by Crippen LogP contribution is 2.17. The van der Waals surface area contributed by atoms with E-state index in [2.05, 4.69) is 18.3 Å². The summed E-state index contributed by atoms with van der Waals surface area (Å²) in [7, 11) is 0. The average Bonchev–Trinajstić information content (AvgIpc) is 2.06. The average molecular weight is 168 g/mol. The summed E-state index contributed by atoms with van der Waals surface area (Å²) in [6, 6.07) is 2.12. The second kappa shape index (κ2) is 4.44. The summed E-state index contributed by atoms with van der Waals surface area (Å²) >= 11 is 0. The van der Waals surface area contributed by atoms with Gasteiger partial charge in [0.2, 0.25) is 0 Å². The van der Waals surface area contributed by atoms with Gasteiger partial charge in [-0.25, -0.2) is 0 Å². The van der Waals surface area contributed by atoms with E-state index < -0.39 is 0 Å². The van der Waals surface area contributed by atoms with E-state index in [0.717, 1.165) is 32.6 Å². The SMILES string of the molecule is CC1(NCCC#N)CCCOC1. The van der Waals surface area contributed by atoms with E-state index in [1.54, 1.807) is 0 Å². The molecule has 12 heavy (non-hydrogen) atoms. The van der Waals surface area contributed by atoms with E-state index >= 15 is 0 Å². The lowest BCUT2D eigenvalue weighted by Crippen LogP contribution is -2.49. The van der Waals surface area contributed by atoms with Gasteiger partial charge >= 0.3 is 0 Å². The van der Waals surface area contributed by atoms with Crippen molar-refractivity contribution >= 4 is 0 Å². The zero-order chi connectivity index (χ0) is 8.86. The van der Waals surface area contributed by atoms with Crippen LogP contribution in [0.25, 0.3) is 0 Å². The molecule has 0 bridgehead atoms. The first-order valence-corrected chi connectivity index (χ1v) is 4.47. The van der Waals surface area contributed by atoms with Crippen LogP contribution < -0.4 is 5.32 Å². The van der Waals surface area contributed by atoms with Crippen molar-refractivity contribution in [2.24, 2.45) is 0 Å². The van der Waals surface area contributed by atoms with Crippen molar-refractivity contribution in [2.45, 2.75) is 31.7 Å². The molecule has 0 aromatic rings. The van der Waals surface area contributed by atoms with E-state index in [9.17, 15) is 0 Å². The predicted octanol–water partition coefficient (Wildman–Crippen LogP) is 1.06. The van der Waals surface area contributed by atoms with Crippen molar-refractivity contribution in [3.8, 4) is 6.07 Å². The molecule has 1 aliphatic rings. The number of hydrogen-bond acceptors (Lipinski definition) is 3. The number of hydrogen-bond donors (Lipinski definition) is 1. The summed E-state index contributed by atoms with van der Waals surface area (Å²) in [4.78, 5) is 0. The molecule has 0 aliphatic carbocycles. The lowest BCUT2D eigenvalue weighted by Gasteiger charge is -2.34. The molecule has 0 aromatic heterocycles. The lowest BCUT2D eigenvalue weighted by molar-refractivity contribution is 0.0290. The van der Waals surface area contributed by atoms with Gasteiger partial charge in [-0.3, -0.25) is 0 Å². The molecule has 1 atom stereocenters.